The number of carbonyl (C=O) groups is 2. The van der Waals surface area contributed by atoms with Crippen LogP contribution in [-0.4, -0.2) is 24.1 Å². The molecule has 0 N–H and O–H groups in total. The van der Waals surface area contributed by atoms with E-state index in [2.05, 4.69) is 41.5 Å². The molecular formula is C51H100O4. The van der Waals surface area contributed by atoms with Crippen molar-refractivity contribution >= 4 is 11.9 Å². The van der Waals surface area contributed by atoms with Crippen LogP contribution in [0.3, 0.4) is 0 Å². The summed E-state index contributed by atoms with van der Waals surface area (Å²) in [6.45, 7) is 13.6. The van der Waals surface area contributed by atoms with E-state index in [1.165, 1.54) is 167 Å². The number of ether oxygens (including phenoxy) is 2. The Bertz CT molecular complexity index is 794. The van der Waals surface area contributed by atoms with E-state index in [-0.39, 0.29) is 24.1 Å². The van der Waals surface area contributed by atoms with E-state index < -0.39 is 0 Å². The first-order valence-corrected chi connectivity index (χ1v) is 25.3. The molecule has 0 saturated heterocycles. The highest BCUT2D eigenvalue weighted by atomic mass is 16.5. The molecule has 0 aromatic heterocycles. The molecule has 0 amide bonds. The van der Waals surface area contributed by atoms with Crippen LogP contribution in [0.5, 0.6) is 0 Å². The Hall–Kier alpha value is -1.06. The largest absolute Gasteiger partial charge is 0.462 e. The van der Waals surface area contributed by atoms with Crippen molar-refractivity contribution in [3.8, 4) is 0 Å². The van der Waals surface area contributed by atoms with Crippen LogP contribution in [0.15, 0.2) is 0 Å². The summed E-state index contributed by atoms with van der Waals surface area (Å²) >= 11 is 0. The summed E-state index contributed by atoms with van der Waals surface area (Å²) in [4.78, 5) is 25.4. The van der Waals surface area contributed by atoms with Crippen LogP contribution < -0.4 is 0 Å². The molecule has 328 valence electrons. The van der Waals surface area contributed by atoms with E-state index in [1.807, 2.05) is 0 Å². The van der Waals surface area contributed by atoms with Gasteiger partial charge in [-0.2, -0.15) is 0 Å². The molecule has 0 radical (unpaired) electrons. The van der Waals surface area contributed by atoms with E-state index in [4.69, 9.17) is 9.47 Å². The van der Waals surface area contributed by atoms with Gasteiger partial charge < -0.3 is 9.47 Å². The summed E-state index contributed by atoms with van der Waals surface area (Å²) in [5, 5.41) is 0. The fraction of sp³-hybridized carbons (Fsp3) is 0.961. The van der Waals surface area contributed by atoms with Gasteiger partial charge in [-0.25, -0.2) is 0 Å². The van der Waals surface area contributed by atoms with Crippen molar-refractivity contribution in [2.75, 3.05) is 0 Å². The number of hydrogen-bond acceptors (Lipinski definition) is 4. The van der Waals surface area contributed by atoms with Crippen LogP contribution in [0.2, 0.25) is 0 Å². The summed E-state index contributed by atoms with van der Waals surface area (Å²) < 4.78 is 11.9. The summed E-state index contributed by atoms with van der Waals surface area (Å²) in [5.41, 5.74) is 0. The highest BCUT2D eigenvalue weighted by Crippen LogP contribution is 2.26. The lowest BCUT2D eigenvalue weighted by atomic mass is 9.86. The molecule has 3 unspecified atom stereocenters. The Morgan fingerprint density at radius 2 is 0.655 bits per heavy atom. The minimum absolute atomic E-state index is 0.00218. The molecule has 3 atom stereocenters. The van der Waals surface area contributed by atoms with Crippen LogP contribution in [0.4, 0.5) is 0 Å². The predicted octanol–water partition coefficient (Wildman–Crippen LogP) is 17.4. The van der Waals surface area contributed by atoms with Gasteiger partial charge in [0.05, 0.1) is 0 Å². The predicted molar refractivity (Wildman–Crippen MR) is 241 cm³/mol. The zero-order valence-corrected chi connectivity index (χ0v) is 38.5. The van der Waals surface area contributed by atoms with Gasteiger partial charge in [0.15, 0.2) is 0 Å². The van der Waals surface area contributed by atoms with E-state index in [1.54, 1.807) is 0 Å². The maximum absolute atomic E-state index is 12.7. The quantitative estimate of drug-likeness (QED) is 0.0457. The first kappa shape index (κ1) is 53.9. The van der Waals surface area contributed by atoms with Gasteiger partial charge in [0.25, 0.3) is 0 Å². The van der Waals surface area contributed by atoms with Crippen LogP contribution in [0, 0.1) is 11.8 Å². The zero-order chi connectivity index (χ0) is 40.5. The molecule has 0 saturated carbocycles. The van der Waals surface area contributed by atoms with Gasteiger partial charge in [0, 0.05) is 12.8 Å². The lowest BCUT2D eigenvalue weighted by molar-refractivity contribution is -0.151. The summed E-state index contributed by atoms with van der Waals surface area (Å²) in [6.07, 6.45) is 47.9. The molecule has 0 bridgehead atoms. The van der Waals surface area contributed by atoms with Crippen molar-refractivity contribution in [2.45, 2.75) is 304 Å². The smallest absolute Gasteiger partial charge is 0.306 e. The third-order valence-corrected chi connectivity index (χ3v) is 12.3. The minimum atomic E-state index is 0.00218. The molecule has 0 heterocycles. The van der Waals surface area contributed by atoms with Crippen molar-refractivity contribution in [3.05, 3.63) is 0 Å². The van der Waals surface area contributed by atoms with Crippen LogP contribution in [-0.2, 0) is 19.1 Å². The molecule has 0 spiro atoms. The molecule has 0 aromatic rings. The monoisotopic (exact) mass is 777 g/mol. The van der Waals surface area contributed by atoms with E-state index in [0.717, 1.165) is 70.6 Å². The van der Waals surface area contributed by atoms with E-state index in [0.29, 0.717) is 24.7 Å². The molecule has 55 heavy (non-hydrogen) atoms. The third-order valence-electron chi connectivity index (χ3n) is 12.3. The molecule has 0 aliphatic rings. The number of carbonyl (C=O) groups excluding carboxylic acids is 2. The lowest BCUT2D eigenvalue weighted by Gasteiger charge is -2.22. The standard InChI is InChI=1S/C51H100O4/c1-7-11-14-16-18-20-22-23-24-25-27-29-31-33-35-44-50(52)55-49(41-13-9-3)43-37-36-39-47(46(5)6)40-38-45-51(53)54-48(10-4)42-34-32-30-28-26-21-19-17-15-12-8-2/h46-49H,7-45H2,1-6H3. The average molecular weight is 777 g/mol. The second kappa shape index (κ2) is 42.5. The number of rotatable bonds is 44. The molecule has 0 aliphatic heterocycles. The zero-order valence-electron chi connectivity index (χ0n) is 38.5. The fourth-order valence-electron chi connectivity index (χ4n) is 8.31. The Morgan fingerprint density at radius 1 is 0.345 bits per heavy atom. The van der Waals surface area contributed by atoms with Crippen LogP contribution >= 0.6 is 0 Å². The van der Waals surface area contributed by atoms with Gasteiger partial charge in [-0.05, 0) is 69.6 Å². The summed E-state index contributed by atoms with van der Waals surface area (Å²) in [6, 6.07) is 0. The third kappa shape index (κ3) is 38.2. The normalized spacial score (nSPS) is 13.3. The Kier molecular flexibility index (Phi) is 41.7. The first-order chi connectivity index (χ1) is 26.9. The van der Waals surface area contributed by atoms with Crippen molar-refractivity contribution in [1.82, 2.24) is 0 Å². The van der Waals surface area contributed by atoms with Crippen molar-refractivity contribution < 1.29 is 19.1 Å². The molecule has 0 rings (SSSR count). The minimum Gasteiger partial charge on any atom is -0.462 e. The fourth-order valence-corrected chi connectivity index (χ4v) is 8.31. The van der Waals surface area contributed by atoms with Crippen molar-refractivity contribution in [1.29, 1.82) is 0 Å². The van der Waals surface area contributed by atoms with E-state index in [9.17, 15) is 9.59 Å². The second-order valence-electron chi connectivity index (χ2n) is 18.0. The molecule has 4 nitrogen and oxygen atoms in total. The highest BCUT2D eigenvalue weighted by Gasteiger charge is 2.18. The highest BCUT2D eigenvalue weighted by molar-refractivity contribution is 5.69. The van der Waals surface area contributed by atoms with Gasteiger partial charge in [-0.15, -0.1) is 0 Å². The Balaban J connectivity index is 4.09. The second-order valence-corrected chi connectivity index (χ2v) is 18.0. The van der Waals surface area contributed by atoms with Crippen LogP contribution in [0.25, 0.3) is 0 Å². The summed E-state index contributed by atoms with van der Waals surface area (Å²) in [7, 11) is 0. The van der Waals surface area contributed by atoms with Gasteiger partial charge >= 0.3 is 11.9 Å². The van der Waals surface area contributed by atoms with Gasteiger partial charge in [-0.1, -0.05) is 221 Å². The topological polar surface area (TPSA) is 52.6 Å². The van der Waals surface area contributed by atoms with Gasteiger partial charge in [0.1, 0.15) is 12.2 Å². The summed E-state index contributed by atoms with van der Waals surface area (Å²) in [5.74, 6) is 1.27. The SMILES string of the molecule is CCCCCCCCCCCCCCCCCC(=O)OC(CCCC)CCCCC(CCCC(=O)OC(CC)CCCCCCCCCCCCC)C(C)C. The lowest BCUT2D eigenvalue weighted by Crippen LogP contribution is -2.19. The van der Waals surface area contributed by atoms with Gasteiger partial charge in [0.2, 0.25) is 0 Å². The molecule has 0 aromatic carbocycles. The Morgan fingerprint density at radius 3 is 1.09 bits per heavy atom. The van der Waals surface area contributed by atoms with E-state index >= 15 is 0 Å². The Labute approximate surface area is 346 Å². The maximum atomic E-state index is 12.7. The first-order valence-electron chi connectivity index (χ1n) is 25.3. The van der Waals surface area contributed by atoms with Crippen molar-refractivity contribution in [2.24, 2.45) is 11.8 Å². The van der Waals surface area contributed by atoms with Crippen LogP contribution in [0.1, 0.15) is 292 Å². The maximum Gasteiger partial charge on any atom is 0.306 e. The number of unbranched alkanes of at least 4 members (excludes halogenated alkanes) is 26. The molecule has 0 aliphatic carbocycles. The molecule has 0 fully saturated rings. The molecular weight excluding hydrogens is 677 g/mol. The van der Waals surface area contributed by atoms with Gasteiger partial charge in [-0.3, -0.25) is 9.59 Å². The number of esters is 2. The number of hydrogen-bond donors (Lipinski definition) is 0. The average Bonchev–Trinajstić information content (AvgIpc) is 3.17. The van der Waals surface area contributed by atoms with Crippen molar-refractivity contribution in [3.63, 3.8) is 0 Å². The molecule has 4 heteroatoms.